The molecule has 0 bridgehead atoms. The maximum atomic E-state index is 12.3. The number of halogens is 4. The third-order valence-corrected chi connectivity index (χ3v) is 2.77. The number of carbonyl (C=O) groups is 2. The summed E-state index contributed by atoms with van der Waals surface area (Å²) in [5, 5.41) is 1.37. The third-order valence-electron chi connectivity index (χ3n) is 2.49. The molecular formula is C12H11ClF3NO5. The number of methoxy groups -OCH3 is 3. The smallest absolute Gasteiger partial charge is 0.471 e. The van der Waals surface area contributed by atoms with E-state index in [4.69, 9.17) is 21.1 Å². The number of carbonyl (C=O) groups excluding carboxylic acids is 2. The van der Waals surface area contributed by atoms with E-state index in [1.54, 1.807) is 5.32 Å². The molecule has 0 saturated heterocycles. The number of ether oxygens (including phenoxy) is 3. The van der Waals surface area contributed by atoms with Crippen molar-refractivity contribution in [3.05, 3.63) is 16.7 Å². The molecule has 1 N–H and O–H groups in total. The van der Waals surface area contributed by atoms with Crippen molar-refractivity contribution in [2.75, 3.05) is 26.6 Å². The molecule has 0 aliphatic carbocycles. The summed E-state index contributed by atoms with van der Waals surface area (Å²) in [6, 6.07) is 0.968. The molecule has 6 nitrogen and oxygen atoms in total. The van der Waals surface area contributed by atoms with Crippen molar-refractivity contribution in [2.45, 2.75) is 6.18 Å². The molecule has 1 rings (SSSR count). The second-order valence-corrected chi connectivity index (χ2v) is 4.20. The zero-order chi connectivity index (χ0) is 17.1. The molecule has 10 heteroatoms. The number of hydrogen-bond donors (Lipinski definition) is 1. The predicted octanol–water partition coefficient (Wildman–Crippen LogP) is 2.64. The largest absolute Gasteiger partial charge is 0.494 e. The fourth-order valence-electron chi connectivity index (χ4n) is 1.60. The first-order chi connectivity index (χ1) is 10.2. The Morgan fingerprint density at radius 1 is 1.14 bits per heavy atom. The molecule has 22 heavy (non-hydrogen) atoms. The quantitative estimate of drug-likeness (QED) is 0.852. The Bertz CT molecular complexity index is 603. The minimum atomic E-state index is -5.12. The Kier molecular flexibility index (Phi) is 5.48. The van der Waals surface area contributed by atoms with E-state index in [0.29, 0.717) is 0 Å². The van der Waals surface area contributed by atoms with E-state index < -0.39 is 23.7 Å². The second-order valence-electron chi connectivity index (χ2n) is 3.79. The summed E-state index contributed by atoms with van der Waals surface area (Å²) in [7, 11) is 3.34. The van der Waals surface area contributed by atoms with Crippen molar-refractivity contribution in [2.24, 2.45) is 0 Å². The van der Waals surface area contributed by atoms with Crippen LogP contribution in [-0.4, -0.2) is 39.4 Å². The van der Waals surface area contributed by atoms with Gasteiger partial charge in [0, 0.05) is 0 Å². The minimum absolute atomic E-state index is 0.157. The molecule has 1 aromatic carbocycles. The van der Waals surface area contributed by atoms with Crippen LogP contribution in [0.3, 0.4) is 0 Å². The number of hydrogen-bond acceptors (Lipinski definition) is 5. The summed E-state index contributed by atoms with van der Waals surface area (Å²) >= 11 is 5.84. The van der Waals surface area contributed by atoms with Gasteiger partial charge in [0.2, 0.25) is 0 Å². The van der Waals surface area contributed by atoms with Gasteiger partial charge in [-0.25, -0.2) is 4.79 Å². The molecule has 1 aromatic rings. The van der Waals surface area contributed by atoms with Crippen LogP contribution in [-0.2, 0) is 9.53 Å². The lowest BCUT2D eigenvalue weighted by molar-refractivity contribution is -0.167. The maximum Gasteiger partial charge on any atom is 0.471 e. The Morgan fingerprint density at radius 2 is 1.68 bits per heavy atom. The molecule has 122 valence electrons. The number of nitrogens with one attached hydrogen (secondary N) is 1. The summed E-state index contributed by atoms with van der Waals surface area (Å²) in [6.45, 7) is 0. The van der Waals surface area contributed by atoms with E-state index in [-0.39, 0.29) is 22.1 Å². The first-order valence-electron chi connectivity index (χ1n) is 5.58. The van der Waals surface area contributed by atoms with Crippen molar-refractivity contribution in [1.29, 1.82) is 0 Å². The van der Waals surface area contributed by atoms with Gasteiger partial charge in [-0.3, -0.25) is 4.79 Å². The standard InChI is InChI=1S/C12H11ClF3NO5/c1-20-8-5(13)4-6(17-11(19)12(14,15)16)9(21-2)7(8)10(18)22-3/h4H,1-3H3,(H,17,19). The predicted molar refractivity (Wildman–Crippen MR) is 70.6 cm³/mol. The summed E-state index contributed by atoms with van der Waals surface area (Å²) in [5.74, 6) is -3.73. The Balaban J connectivity index is 3.50. The number of benzene rings is 1. The van der Waals surface area contributed by atoms with Gasteiger partial charge >= 0.3 is 18.1 Å². The Hall–Kier alpha value is -2.16. The molecule has 0 saturated carbocycles. The highest BCUT2D eigenvalue weighted by Gasteiger charge is 2.39. The molecule has 1 amide bonds. The number of rotatable bonds is 4. The van der Waals surface area contributed by atoms with Crippen LogP contribution in [0.4, 0.5) is 18.9 Å². The van der Waals surface area contributed by atoms with Gasteiger partial charge in [0.05, 0.1) is 32.0 Å². The molecule has 0 radical (unpaired) electrons. The van der Waals surface area contributed by atoms with Crippen molar-refractivity contribution < 1.29 is 37.0 Å². The second kappa shape index (κ2) is 6.73. The average Bonchev–Trinajstić information content (AvgIpc) is 2.44. The van der Waals surface area contributed by atoms with E-state index in [9.17, 15) is 22.8 Å². The third kappa shape index (κ3) is 3.53. The van der Waals surface area contributed by atoms with Gasteiger partial charge in [-0.1, -0.05) is 11.6 Å². The number of anilines is 1. The molecular weight excluding hydrogens is 331 g/mol. The van der Waals surface area contributed by atoms with Crippen molar-refractivity contribution in [1.82, 2.24) is 0 Å². The molecule has 0 fully saturated rings. The van der Waals surface area contributed by atoms with Gasteiger partial charge in [-0.2, -0.15) is 13.2 Å². The summed E-state index contributed by atoms with van der Waals surface area (Å²) in [4.78, 5) is 22.8. The number of esters is 1. The van der Waals surface area contributed by atoms with Crippen molar-refractivity contribution >= 4 is 29.2 Å². The van der Waals surface area contributed by atoms with E-state index in [1.807, 2.05) is 0 Å². The zero-order valence-electron chi connectivity index (χ0n) is 11.6. The van der Waals surface area contributed by atoms with Gasteiger partial charge in [0.1, 0.15) is 5.56 Å². The van der Waals surface area contributed by atoms with Gasteiger partial charge in [0.15, 0.2) is 11.5 Å². The maximum absolute atomic E-state index is 12.3. The molecule has 0 aliphatic heterocycles. The van der Waals surface area contributed by atoms with E-state index >= 15 is 0 Å². The van der Waals surface area contributed by atoms with Crippen LogP contribution in [0.25, 0.3) is 0 Å². The van der Waals surface area contributed by atoms with E-state index in [2.05, 4.69) is 4.74 Å². The lowest BCUT2D eigenvalue weighted by atomic mass is 10.1. The molecule has 0 aliphatic rings. The highest BCUT2D eigenvalue weighted by molar-refractivity contribution is 6.33. The molecule has 0 heterocycles. The van der Waals surface area contributed by atoms with Gasteiger partial charge in [0.25, 0.3) is 0 Å². The van der Waals surface area contributed by atoms with Crippen LogP contribution in [0.5, 0.6) is 11.5 Å². The van der Waals surface area contributed by atoms with Gasteiger partial charge < -0.3 is 19.5 Å². The normalized spacial score (nSPS) is 10.9. The van der Waals surface area contributed by atoms with Crippen LogP contribution >= 0.6 is 11.6 Å². The molecule has 0 atom stereocenters. The lowest BCUT2D eigenvalue weighted by Crippen LogP contribution is -2.30. The van der Waals surface area contributed by atoms with Crippen LogP contribution < -0.4 is 14.8 Å². The van der Waals surface area contributed by atoms with Crippen LogP contribution in [0.15, 0.2) is 6.07 Å². The molecule has 0 aromatic heterocycles. The van der Waals surface area contributed by atoms with Gasteiger partial charge in [-0.05, 0) is 6.07 Å². The van der Waals surface area contributed by atoms with E-state index in [0.717, 1.165) is 20.3 Å². The van der Waals surface area contributed by atoms with Gasteiger partial charge in [-0.15, -0.1) is 0 Å². The molecule has 0 spiro atoms. The fraction of sp³-hybridized carbons (Fsp3) is 0.333. The zero-order valence-corrected chi connectivity index (χ0v) is 12.4. The van der Waals surface area contributed by atoms with Crippen LogP contribution in [0.2, 0.25) is 5.02 Å². The minimum Gasteiger partial charge on any atom is -0.494 e. The first-order valence-corrected chi connectivity index (χ1v) is 5.96. The fourth-order valence-corrected chi connectivity index (χ4v) is 1.88. The van der Waals surface area contributed by atoms with Crippen LogP contribution in [0.1, 0.15) is 10.4 Å². The van der Waals surface area contributed by atoms with Crippen molar-refractivity contribution in [3.8, 4) is 11.5 Å². The first kappa shape index (κ1) is 17.9. The number of amides is 1. The van der Waals surface area contributed by atoms with E-state index in [1.165, 1.54) is 7.11 Å². The molecule has 0 unspecified atom stereocenters. The summed E-state index contributed by atoms with van der Waals surface area (Å²) in [5.41, 5.74) is -0.798. The van der Waals surface area contributed by atoms with Crippen LogP contribution in [0, 0.1) is 0 Å². The summed E-state index contributed by atoms with van der Waals surface area (Å²) < 4.78 is 51.3. The highest BCUT2D eigenvalue weighted by atomic mass is 35.5. The average molecular weight is 342 g/mol. The topological polar surface area (TPSA) is 73.9 Å². The van der Waals surface area contributed by atoms with Crippen molar-refractivity contribution in [3.63, 3.8) is 0 Å². The lowest BCUT2D eigenvalue weighted by Gasteiger charge is -2.17. The Morgan fingerprint density at radius 3 is 2.09 bits per heavy atom. The number of alkyl halides is 3. The monoisotopic (exact) mass is 341 g/mol. The SMILES string of the molecule is COC(=O)c1c(OC)c(Cl)cc(NC(=O)C(F)(F)F)c1OC. The highest BCUT2D eigenvalue weighted by Crippen LogP contribution is 2.42. The summed E-state index contributed by atoms with van der Waals surface area (Å²) in [6.07, 6.45) is -5.12. The Labute approximate surface area is 128 Å².